The van der Waals surface area contributed by atoms with E-state index < -0.39 is 30.1 Å². The van der Waals surface area contributed by atoms with E-state index in [0.29, 0.717) is 0 Å². The molecule has 0 saturated carbocycles. The second kappa shape index (κ2) is 5.79. The molecule has 0 radical (unpaired) electrons. The van der Waals surface area contributed by atoms with Crippen LogP contribution in [0.5, 0.6) is 0 Å². The first-order valence-corrected chi connectivity index (χ1v) is 3.71. The predicted octanol–water partition coefficient (Wildman–Crippen LogP) is -0.547. The van der Waals surface area contributed by atoms with Gasteiger partial charge in [0, 0.05) is 18.7 Å². The minimum absolute atomic E-state index is 0.268. The van der Waals surface area contributed by atoms with Crippen molar-refractivity contribution in [2.45, 2.75) is 13.8 Å². The third kappa shape index (κ3) is 5.81. The lowest BCUT2D eigenvalue weighted by molar-refractivity contribution is -0.727. The van der Waals surface area contributed by atoms with Crippen molar-refractivity contribution >= 4 is 17.7 Å². The van der Waals surface area contributed by atoms with Crippen LogP contribution in [0.4, 0.5) is 0 Å². The van der Waals surface area contributed by atoms with Crippen molar-refractivity contribution in [3.05, 3.63) is 5.21 Å². The third-order valence-corrected chi connectivity index (χ3v) is 1.15. The van der Waals surface area contributed by atoms with E-state index in [-0.39, 0.29) is 5.71 Å². The number of rotatable bonds is 4. The highest BCUT2D eigenvalue weighted by atomic mass is 16.8. The summed E-state index contributed by atoms with van der Waals surface area (Å²) in [5.41, 5.74) is -0.268. The average molecular weight is 205 g/mol. The monoisotopic (exact) mass is 205 g/mol. The van der Waals surface area contributed by atoms with Crippen molar-refractivity contribution in [3.8, 4) is 0 Å². The molecule has 0 heterocycles. The van der Waals surface area contributed by atoms with Gasteiger partial charge < -0.3 is 14.7 Å². The number of nitrogens with zero attached hydrogens (tertiary/aromatic N) is 1. The standard InChI is InChI=1S/C7H11NO6/c1-5(9)13-3-7(8(11)12)4-14-6(2)10/h3-4H2,1-2H3,(H,11,12). The lowest BCUT2D eigenvalue weighted by Gasteiger charge is -2.03. The van der Waals surface area contributed by atoms with Gasteiger partial charge in [-0.05, 0) is 0 Å². The first kappa shape index (κ1) is 12.2. The molecule has 0 rings (SSSR count). The van der Waals surface area contributed by atoms with Gasteiger partial charge in [0.05, 0.1) is 0 Å². The highest BCUT2D eigenvalue weighted by molar-refractivity contribution is 5.85. The minimum atomic E-state index is -0.604. The molecule has 0 atom stereocenters. The number of carbonyl (C=O) groups excluding carboxylic acids is 2. The van der Waals surface area contributed by atoms with Crippen LogP contribution < -0.4 is 0 Å². The van der Waals surface area contributed by atoms with E-state index in [1.165, 1.54) is 0 Å². The first-order chi connectivity index (χ1) is 6.43. The van der Waals surface area contributed by atoms with Crippen LogP contribution in [-0.2, 0) is 19.1 Å². The molecule has 14 heavy (non-hydrogen) atoms. The number of ether oxygens (including phenoxy) is 2. The molecule has 0 aromatic carbocycles. The Hall–Kier alpha value is -1.79. The SMILES string of the molecule is CC(=O)OCC(COC(C)=O)=[N+]([O-])O. The first-order valence-electron chi connectivity index (χ1n) is 3.71. The van der Waals surface area contributed by atoms with Gasteiger partial charge in [-0.2, -0.15) is 0 Å². The molecule has 7 nitrogen and oxygen atoms in total. The second-order valence-corrected chi connectivity index (χ2v) is 2.40. The fraction of sp³-hybridized carbons (Fsp3) is 0.571. The number of esters is 2. The second-order valence-electron chi connectivity index (χ2n) is 2.40. The van der Waals surface area contributed by atoms with E-state index in [4.69, 9.17) is 5.21 Å². The predicted molar refractivity (Wildman–Crippen MR) is 43.7 cm³/mol. The fourth-order valence-corrected chi connectivity index (χ4v) is 0.522. The molecule has 0 aliphatic rings. The molecule has 0 aromatic heterocycles. The van der Waals surface area contributed by atoms with Crippen molar-refractivity contribution in [3.63, 3.8) is 0 Å². The van der Waals surface area contributed by atoms with Gasteiger partial charge in [0.1, 0.15) is 0 Å². The van der Waals surface area contributed by atoms with Crippen LogP contribution in [0, 0.1) is 5.21 Å². The maximum Gasteiger partial charge on any atom is 0.303 e. The summed E-state index contributed by atoms with van der Waals surface area (Å²) in [5.74, 6) is -1.21. The summed E-state index contributed by atoms with van der Waals surface area (Å²) in [7, 11) is 0. The number of hydrogen-bond acceptors (Lipinski definition) is 6. The molecule has 7 heteroatoms. The van der Waals surface area contributed by atoms with E-state index in [2.05, 4.69) is 9.47 Å². The Bertz CT molecular complexity index is 235. The molecule has 0 unspecified atom stereocenters. The minimum Gasteiger partial charge on any atom is -0.455 e. The fourth-order valence-electron chi connectivity index (χ4n) is 0.522. The lowest BCUT2D eigenvalue weighted by Crippen LogP contribution is -2.26. The van der Waals surface area contributed by atoms with Gasteiger partial charge in [0.15, 0.2) is 13.2 Å². The maximum absolute atomic E-state index is 10.4. The van der Waals surface area contributed by atoms with Gasteiger partial charge >= 0.3 is 11.9 Å². The summed E-state index contributed by atoms with van der Waals surface area (Å²) in [5, 5.41) is 18.9. The summed E-state index contributed by atoms with van der Waals surface area (Å²) in [6.45, 7) is 1.47. The number of carbonyl (C=O) groups is 2. The molecule has 0 aliphatic heterocycles. The van der Waals surface area contributed by atoms with E-state index in [1.54, 1.807) is 0 Å². The summed E-state index contributed by atoms with van der Waals surface area (Å²) in [6, 6.07) is 0. The molecule has 0 spiro atoms. The van der Waals surface area contributed by atoms with E-state index in [1.807, 2.05) is 0 Å². The highest BCUT2D eigenvalue weighted by Crippen LogP contribution is 1.86. The smallest absolute Gasteiger partial charge is 0.303 e. The molecule has 0 aromatic rings. The van der Waals surface area contributed by atoms with Crippen molar-refractivity contribution in [2.24, 2.45) is 0 Å². The van der Waals surface area contributed by atoms with Gasteiger partial charge in [-0.1, -0.05) is 0 Å². The summed E-state index contributed by atoms with van der Waals surface area (Å²) in [6.07, 6.45) is 0. The van der Waals surface area contributed by atoms with Crippen LogP contribution in [-0.4, -0.2) is 41.0 Å². The molecule has 0 bridgehead atoms. The van der Waals surface area contributed by atoms with E-state index in [9.17, 15) is 14.8 Å². The van der Waals surface area contributed by atoms with Gasteiger partial charge in [-0.15, -0.1) is 0 Å². The van der Waals surface area contributed by atoms with E-state index in [0.717, 1.165) is 13.8 Å². The van der Waals surface area contributed by atoms with Crippen molar-refractivity contribution in [2.75, 3.05) is 13.2 Å². The molecule has 0 amide bonds. The Balaban J connectivity index is 4.12. The zero-order valence-electron chi connectivity index (χ0n) is 7.85. The highest BCUT2D eigenvalue weighted by Gasteiger charge is 2.14. The van der Waals surface area contributed by atoms with Gasteiger partial charge in [0.2, 0.25) is 0 Å². The van der Waals surface area contributed by atoms with Crippen LogP contribution >= 0.6 is 0 Å². The Labute approximate surface area is 80.1 Å². The molecular formula is C7H11NO6. The van der Waals surface area contributed by atoms with Gasteiger partial charge in [-0.25, -0.2) is 0 Å². The van der Waals surface area contributed by atoms with Gasteiger partial charge in [-0.3, -0.25) is 14.8 Å². The van der Waals surface area contributed by atoms with Crippen LogP contribution in [0.2, 0.25) is 0 Å². The lowest BCUT2D eigenvalue weighted by atomic mass is 10.4. The third-order valence-electron chi connectivity index (χ3n) is 1.15. The van der Waals surface area contributed by atoms with Crippen molar-refractivity contribution in [1.29, 1.82) is 0 Å². The van der Waals surface area contributed by atoms with Crippen molar-refractivity contribution in [1.82, 2.24) is 0 Å². The zero-order valence-corrected chi connectivity index (χ0v) is 7.85. The molecule has 0 saturated heterocycles. The number of hydrogen-bond donors (Lipinski definition) is 1. The maximum atomic E-state index is 10.4. The molecule has 0 fully saturated rings. The van der Waals surface area contributed by atoms with Crippen LogP contribution in [0.15, 0.2) is 0 Å². The zero-order chi connectivity index (χ0) is 11.1. The Morgan fingerprint density at radius 1 is 1.21 bits per heavy atom. The summed E-state index contributed by atoms with van der Waals surface area (Å²) < 4.78 is 8.86. The van der Waals surface area contributed by atoms with E-state index >= 15 is 0 Å². The quantitative estimate of drug-likeness (QED) is 0.217. The Morgan fingerprint density at radius 2 is 1.57 bits per heavy atom. The summed E-state index contributed by atoms with van der Waals surface area (Å²) in [4.78, 5) is 20.2. The molecule has 1 N–H and O–H groups in total. The average Bonchev–Trinajstić information content (AvgIpc) is 2.02. The van der Waals surface area contributed by atoms with Gasteiger partial charge in [0.25, 0.3) is 5.71 Å². The largest absolute Gasteiger partial charge is 0.455 e. The summed E-state index contributed by atoms with van der Waals surface area (Å²) >= 11 is 0. The van der Waals surface area contributed by atoms with Crippen LogP contribution in [0.3, 0.4) is 0 Å². The molecule has 0 aliphatic carbocycles. The Kier molecular flexibility index (Phi) is 5.05. The van der Waals surface area contributed by atoms with Crippen molar-refractivity contribution < 1.29 is 29.2 Å². The van der Waals surface area contributed by atoms with Crippen LogP contribution in [0.25, 0.3) is 0 Å². The topological polar surface area (TPSA) is 98.9 Å². The molecular weight excluding hydrogens is 194 g/mol. The Morgan fingerprint density at radius 3 is 1.79 bits per heavy atom. The molecule has 80 valence electrons. The van der Waals surface area contributed by atoms with Crippen LogP contribution in [0.1, 0.15) is 13.8 Å². The normalized spacial score (nSPS) is 9.00.